The summed E-state index contributed by atoms with van der Waals surface area (Å²) in [5.41, 5.74) is 2.61. The first kappa shape index (κ1) is 18.5. The van der Waals surface area contributed by atoms with Gasteiger partial charge in [-0.15, -0.1) is 0 Å². The molecule has 5 nitrogen and oxygen atoms in total. The lowest BCUT2D eigenvalue weighted by atomic mass is 9.85. The molecule has 2 aromatic rings. The number of amides is 1. The molecule has 1 amide bonds. The molecule has 2 rings (SSSR count). The Morgan fingerprint density at radius 1 is 1.12 bits per heavy atom. The zero-order chi connectivity index (χ0) is 18.6. The average Bonchev–Trinajstić information content (AvgIpc) is 2.53. The molecule has 2 aromatic carbocycles. The van der Waals surface area contributed by atoms with Crippen LogP contribution in [-0.4, -0.2) is 23.6 Å². The van der Waals surface area contributed by atoms with E-state index in [2.05, 4.69) is 32.2 Å². The fourth-order valence-electron chi connectivity index (χ4n) is 2.43. The van der Waals surface area contributed by atoms with Crippen LogP contribution in [0, 0.1) is 6.92 Å². The van der Waals surface area contributed by atoms with Crippen LogP contribution >= 0.6 is 0 Å². The first-order chi connectivity index (χ1) is 11.7. The maximum Gasteiger partial charge on any atom is 0.335 e. The Bertz CT molecular complexity index is 791. The zero-order valence-corrected chi connectivity index (χ0v) is 14.9. The van der Waals surface area contributed by atoms with E-state index in [-0.39, 0.29) is 23.5 Å². The number of carbonyl (C=O) groups is 2. The number of aromatic carboxylic acids is 1. The molecular weight excluding hydrogens is 318 g/mol. The van der Waals surface area contributed by atoms with E-state index in [1.807, 2.05) is 19.1 Å². The van der Waals surface area contributed by atoms with Crippen LogP contribution in [0.25, 0.3) is 0 Å². The summed E-state index contributed by atoms with van der Waals surface area (Å²) in [6.07, 6.45) is 0. The van der Waals surface area contributed by atoms with E-state index in [1.165, 1.54) is 12.1 Å². The molecule has 0 aliphatic carbocycles. The Labute approximate surface area is 147 Å². The smallest absolute Gasteiger partial charge is 0.335 e. The number of hydrogen-bond acceptors (Lipinski definition) is 3. The predicted molar refractivity (Wildman–Crippen MR) is 97.4 cm³/mol. The van der Waals surface area contributed by atoms with Crippen molar-refractivity contribution in [3.8, 4) is 5.75 Å². The number of anilines is 1. The number of carboxylic acid groups (broad SMARTS) is 1. The molecule has 0 aromatic heterocycles. The van der Waals surface area contributed by atoms with Crippen molar-refractivity contribution in [1.29, 1.82) is 0 Å². The number of nitrogens with one attached hydrogen (secondary N) is 1. The van der Waals surface area contributed by atoms with Crippen molar-refractivity contribution in [2.24, 2.45) is 0 Å². The van der Waals surface area contributed by atoms with Crippen molar-refractivity contribution in [2.45, 2.75) is 33.1 Å². The van der Waals surface area contributed by atoms with Crippen LogP contribution < -0.4 is 10.1 Å². The fraction of sp³-hybridized carbons (Fsp3) is 0.300. The SMILES string of the molecule is Cc1ccc(OCC(=O)Nc2cccc(C(=O)O)c2)c(C(C)(C)C)c1. The van der Waals surface area contributed by atoms with Gasteiger partial charge in [0.2, 0.25) is 0 Å². The minimum atomic E-state index is -1.04. The molecule has 0 radical (unpaired) electrons. The lowest BCUT2D eigenvalue weighted by Gasteiger charge is -2.23. The van der Waals surface area contributed by atoms with E-state index in [9.17, 15) is 9.59 Å². The number of benzene rings is 2. The van der Waals surface area contributed by atoms with Gasteiger partial charge in [-0.1, -0.05) is 44.5 Å². The average molecular weight is 341 g/mol. The van der Waals surface area contributed by atoms with Crippen LogP contribution in [-0.2, 0) is 10.2 Å². The van der Waals surface area contributed by atoms with Crippen LogP contribution in [0.2, 0.25) is 0 Å². The van der Waals surface area contributed by atoms with E-state index < -0.39 is 5.97 Å². The van der Waals surface area contributed by atoms with Gasteiger partial charge in [-0.3, -0.25) is 4.79 Å². The lowest BCUT2D eigenvalue weighted by molar-refractivity contribution is -0.118. The Kier molecular flexibility index (Phi) is 5.47. The number of carboxylic acids is 1. The van der Waals surface area contributed by atoms with E-state index in [1.54, 1.807) is 12.1 Å². The minimum Gasteiger partial charge on any atom is -0.483 e. The van der Waals surface area contributed by atoms with Crippen LogP contribution in [0.15, 0.2) is 42.5 Å². The van der Waals surface area contributed by atoms with Gasteiger partial charge in [0.05, 0.1) is 5.56 Å². The molecule has 132 valence electrons. The fourth-order valence-corrected chi connectivity index (χ4v) is 2.43. The molecule has 0 spiro atoms. The van der Waals surface area contributed by atoms with Crippen LogP contribution in [0.5, 0.6) is 5.75 Å². The van der Waals surface area contributed by atoms with Gasteiger partial charge >= 0.3 is 5.97 Å². The molecule has 5 heteroatoms. The Balaban J connectivity index is 2.06. The Hall–Kier alpha value is -2.82. The number of hydrogen-bond donors (Lipinski definition) is 2. The van der Waals surface area contributed by atoms with Crippen LogP contribution in [0.4, 0.5) is 5.69 Å². The second-order valence-electron chi connectivity index (χ2n) is 6.97. The molecule has 0 aliphatic heterocycles. The quantitative estimate of drug-likeness (QED) is 0.861. The first-order valence-electron chi connectivity index (χ1n) is 8.04. The van der Waals surface area contributed by atoms with Gasteiger partial charge < -0.3 is 15.2 Å². The van der Waals surface area contributed by atoms with Crippen molar-refractivity contribution < 1.29 is 19.4 Å². The molecule has 0 heterocycles. The molecular formula is C20H23NO4. The van der Waals surface area contributed by atoms with Crippen molar-refractivity contribution in [3.05, 3.63) is 59.2 Å². The molecule has 0 fully saturated rings. The maximum absolute atomic E-state index is 12.1. The molecule has 2 N–H and O–H groups in total. The predicted octanol–water partition coefficient (Wildman–Crippen LogP) is 4.01. The van der Waals surface area contributed by atoms with Crippen LogP contribution in [0.3, 0.4) is 0 Å². The summed E-state index contributed by atoms with van der Waals surface area (Å²) < 4.78 is 5.70. The molecule has 0 saturated heterocycles. The van der Waals surface area contributed by atoms with E-state index in [0.717, 1.165) is 11.1 Å². The molecule has 0 unspecified atom stereocenters. The Morgan fingerprint density at radius 3 is 2.48 bits per heavy atom. The summed E-state index contributed by atoms with van der Waals surface area (Å²) in [5.74, 6) is -0.711. The van der Waals surface area contributed by atoms with Gasteiger partial charge in [0.1, 0.15) is 5.75 Å². The van der Waals surface area contributed by atoms with Crippen molar-refractivity contribution in [1.82, 2.24) is 0 Å². The summed E-state index contributed by atoms with van der Waals surface area (Å²) in [6, 6.07) is 12.0. The van der Waals surface area contributed by atoms with Crippen molar-refractivity contribution in [2.75, 3.05) is 11.9 Å². The van der Waals surface area contributed by atoms with E-state index >= 15 is 0 Å². The Morgan fingerprint density at radius 2 is 1.84 bits per heavy atom. The van der Waals surface area contributed by atoms with E-state index in [0.29, 0.717) is 11.4 Å². The summed E-state index contributed by atoms with van der Waals surface area (Å²) in [5, 5.41) is 11.6. The van der Waals surface area contributed by atoms with Gasteiger partial charge in [-0.05, 0) is 42.2 Å². The third kappa shape index (κ3) is 5.08. The van der Waals surface area contributed by atoms with Crippen molar-refractivity contribution >= 4 is 17.6 Å². The van der Waals surface area contributed by atoms with Gasteiger partial charge in [0, 0.05) is 5.69 Å². The topological polar surface area (TPSA) is 75.6 Å². The second-order valence-corrected chi connectivity index (χ2v) is 6.97. The first-order valence-corrected chi connectivity index (χ1v) is 8.04. The summed E-state index contributed by atoms with van der Waals surface area (Å²) in [6.45, 7) is 8.13. The standard InChI is InChI=1S/C20H23NO4/c1-13-8-9-17(16(10-13)20(2,3)4)25-12-18(22)21-15-7-5-6-14(11-15)19(23)24/h5-11H,12H2,1-4H3,(H,21,22)(H,23,24). The third-order valence-electron chi connectivity index (χ3n) is 3.70. The zero-order valence-electron chi connectivity index (χ0n) is 14.9. The number of aryl methyl sites for hydroxylation is 1. The monoisotopic (exact) mass is 341 g/mol. The summed E-state index contributed by atoms with van der Waals surface area (Å²) in [7, 11) is 0. The largest absolute Gasteiger partial charge is 0.483 e. The number of ether oxygens (including phenoxy) is 1. The highest BCUT2D eigenvalue weighted by atomic mass is 16.5. The number of rotatable bonds is 5. The highest BCUT2D eigenvalue weighted by Gasteiger charge is 2.19. The molecule has 0 atom stereocenters. The lowest BCUT2D eigenvalue weighted by Crippen LogP contribution is -2.22. The highest BCUT2D eigenvalue weighted by Crippen LogP contribution is 2.32. The molecule has 0 saturated carbocycles. The van der Waals surface area contributed by atoms with Gasteiger partial charge in [-0.25, -0.2) is 4.79 Å². The van der Waals surface area contributed by atoms with Gasteiger partial charge in [0.15, 0.2) is 6.61 Å². The molecule has 0 bridgehead atoms. The second kappa shape index (κ2) is 7.38. The third-order valence-corrected chi connectivity index (χ3v) is 3.70. The van der Waals surface area contributed by atoms with Gasteiger partial charge in [-0.2, -0.15) is 0 Å². The normalized spacial score (nSPS) is 11.0. The molecule has 0 aliphatic rings. The molecule has 25 heavy (non-hydrogen) atoms. The van der Waals surface area contributed by atoms with E-state index in [4.69, 9.17) is 9.84 Å². The van der Waals surface area contributed by atoms with Gasteiger partial charge in [0.25, 0.3) is 5.91 Å². The maximum atomic E-state index is 12.1. The number of carbonyl (C=O) groups excluding carboxylic acids is 1. The minimum absolute atomic E-state index is 0.104. The van der Waals surface area contributed by atoms with Crippen LogP contribution in [0.1, 0.15) is 42.3 Å². The highest BCUT2D eigenvalue weighted by molar-refractivity contribution is 5.94. The summed E-state index contributed by atoms with van der Waals surface area (Å²) in [4.78, 5) is 23.1. The summed E-state index contributed by atoms with van der Waals surface area (Å²) >= 11 is 0. The van der Waals surface area contributed by atoms with Crippen molar-refractivity contribution in [3.63, 3.8) is 0 Å².